The third kappa shape index (κ3) is 5.56. The van der Waals surface area contributed by atoms with Crippen LogP contribution in [0.15, 0.2) is 48.5 Å². The third-order valence-corrected chi connectivity index (χ3v) is 4.96. The molecule has 4 heteroatoms. The van der Waals surface area contributed by atoms with E-state index in [0.717, 1.165) is 44.0 Å². The van der Waals surface area contributed by atoms with Gasteiger partial charge in [-0.15, -0.1) is 0 Å². The highest BCUT2D eigenvalue weighted by Crippen LogP contribution is 2.19. The molecule has 1 N–H and O–H groups in total. The van der Waals surface area contributed by atoms with Gasteiger partial charge < -0.3 is 9.84 Å². The first-order chi connectivity index (χ1) is 12.6. The van der Waals surface area contributed by atoms with Crippen LogP contribution >= 0.6 is 0 Å². The van der Waals surface area contributed by atoms with E-state index in [2.05, 4.69) is 59.2 Å². The molecule has 1 fully saturated rings. The molecule has 2 aromatic rings. The van der Waals surface area contributed by atoms with Crippen LogP contribution in [0.1, 0.15) is 16.7 Å². The van der Waals surface area contributed by atoms with Crippen LogP contribution in [0, 0.1) is 13.8 Å². The number of aryl methyl sites for hydroxylation is 2. The predicted molar refractivity (Wildman–Crippen MR) is 106 cm³/mol. The molecule has 4 nitrogen and oxygen atoms in total. The van der Waals surface area contributed by atoms with E-state index in [-0.39, 0.29) is 0 Å². The van der Waals surface area contributed by atoms with Crippen molar-refractivity contribution in [1.29, 1.82) is 0 Å². The van der Waals surface area contributed by atoms with E-state index < -0.39 is 6.10 Å². The van der Waals surface area contributed by atoms with Gasteiger partial charge in [0.25, 0.3) is 0 Å². The minimum atomic E-state index is -0.462. The summed E-state index contributed by atoms with van der Waals surface area (Å²) in [5, 5.41) is 10.3. The summed E-state index contributed by atoms with van der Waals surface area (Å²) in [6, 6.07) is 16.8. The molecule has 1 heterocycles. The Morgan fingerprint density at radius 3 is 2.38 bits per heavy atom. The molecule has 0 aromatic heterocycles. The molecule has 0 unspecified atom stereocenters. The summed E-state index contributed by atoms with van der Waals surface area (Å²) in [5.41, 5.74) is 3.65. The maximum absolute atomic E-state index is 10.3. The molecule has 0 amide bonds. The molecule has 0 radical (unpaired) electrons. The number of piperazine rings is 1. The quantitative estimate of drug-likeness (QED) is 0.829. The second-order valence-electron chi connectivity index (χ2n) is 7.30. The number of aliphatic hydroxyl groups is 1. The molecule has 140 valence electrons. The van der Waals surface area contributed by atoms with Gasteiger partial charge >= 0.3 is 0 Å². The van der Waals surface area contributed by atoms with Gasteiger partial charge in [-0.3, -0.25) is 9.80 Å². The number of nitrogens with zero attached hydrogens (tertiary/aromatic N) is 2. The van der Waals surface area contributed by atoms with Crippen molar-refractivity contribution < 1.29 is 9.84 Å². The van der Waals surface area contributed by atoms with Gasteiger partial charge in [0.1, 0.15) is 18.5 Å². The van der Waals surface area contributed by atoms with Crippen molar-refractivity contribution in [3.63, 3.8) is 0 Å². The maximum Gasteiger partial charge on any atom is 0.122 e. The predicted octanol–water partition coefficient (Wildman–Crippen LogP) is 2.86. The minimum absolute atomic E-state index is 0.342. The Morgan fingerprint density at radius 1 is 0.962 bits per heavy atom. The first kappa shape index (κ1) is 18.9. The molecule has 26 heavy (non-hydrogen) atoms. The normalized spacial score (nSPS) is 17.2. The highest BCUT2D eigenvalue weighted by molar-refractivity contribution is 5.35. The van der Waals surface area contributed by atoms with E-state index in [9.17, 15) is 5.11 Å². The van der Waals surface area contributed by atoms with Gasteiger partial charge in [0.2, 0.25) is 0 Å². The summed E-state index contributed by atoms with van der Waals surface area (Å²) in [7, 11) is 0. The molecular weight excluding hydrogens is 324 g/mol. The molecular formula is C22H30N2O2. The van der Waals surface area contributed by atoms with Crippen molar-refractivity contribution in [2.24, 2.45) is 0 Å². The Labute approximate surface area is 157 Å². The third-order valence-electron chi connectivity index (χ3n) is 4.96. The average molecular weight is 354 g/mol. The van der Waals surface area contributed by atoms with Gasteiger partial charge in [0, 0.05) is 39.3 Å². The van der Waals surface area contributed by atoms with Crippen molar-refractivity contribution in [2.75, 3.05) is 39.3 Å². The lowest BCUT2D eigenvalue weighted by Crippen LogP contribution is -2.48. The summed E-state index contributed by atoms with van der Waals surface area (Å²) >= 11 is 0. The number of benzene rings is 2. The van der Waals surface area contributed by atoms with Crippen LogP contribution in [-0.4, -0.2) is 60.3 Å². The number of hydrogen-bond donors (Lipinski definition) is 1. The fraction of sp³-hybridized carbons (Fsp3) is 0.455. The molecule has 1 atom stereocenters. The Morgan fingerprint density at radius 2 is 1.65 bits per heavy atom. The monoisotopic (exact) mass is 354 g/mol. The van der Waals surface area contributed by atoms with Crippen LogP contribution in [0.5, 0.6) is 5.75 Å². The largest absolute Gasteiger partial charge is 0.491 e. The van der Waals surface area contributed by atoms with Crippen molar-refractivity contribution >= 4 is 0 Å². The van der Waals surface area contributed by atoms with Gasteiger partial charge in [0.15, 0.2) is 0 Å². The zero-order valence-corrected chi connectivity index (χ0v) is 15.9. The second kappa shape index (κ2) is 9.17. The van der Waals surface area contributed by atoms with Crippen molar-refractivity contribution in [2.45, 2.75) is 26.5 Å². The Hall–Kier alpha value is -1.88. The van der Waals surface area contributed by atoms with Crippen LogP contribution in [0.4, 0.5) is 0 Å². The number of β-amino-alcohol motifs (C(OH)–C–C–N with tert-alkyl or cyclic N) is 1. The first-order valence-corrected chi connectivity index (χ1v) is 9.47. The van der Waals surface area contributed by atoms with Gasteiger partial charge in [-0.05, 0) is 36.6 Å². The molecule has 1 saturated heterocycles. The Kier molecular flexibility index (Phi) is 6.67. The zero-order valence-electron chi connectivity index (χ0n) is 15.9. The van der Waals surface area contributed by atoms with Crippen molar-refractivity contribution in [3.05, 3.63) is 65.2 Å². The summed E-state index contributed by atoms with van der Waals surface area (Å²) in [6.07, 6.45) is -0.462. The average Bonchev–Trinajstić information content (AvgIpc) is 2.65. The second-order valence-corrected chi connectivity index (χ2v) is 7.30. The SMILES string of the molecule is Cc1ccc(C)c(OC[C@H](O)CN2CCN(Cc3ccccc3)CC2)c1. The fourth-order valence-corrected chi connectivity index (χ4v) is 3.37. The lowest BCUT2D eigenvalue weighted by Gasteiger charge is -2.35. The minimum Gasteiger partial charge on any atom is -0.491 e. The number of aliphatic hydroxyl groups excluding tert-OH is 1. The summed E-state index contributed by atoms with van der Waals surface area (Å²) in [6.45, 7) is 10.2. The summed E-state index contributed by atoms with van der Waals surface area (Å²) < 4.78 is 5.83. The van der Waals surface area contributed by atoms with E-state index in [1.807, 2.05) is 13.0 Å². The molecule has 0 aliphatic carbocycles. The van der Waals surface area contributed by atoms with Crippen LogP contribution in [-0.2, 0) is 6.54 Å². The van der Waals surface area contributed by atoms with Crippen LogP contribution in [0.3, 0.4) is 0 Å². The zero-order chi connectivity index (χ0) is 18.4. The van der Waals surface area contributed by atoms with Crippen LogP contribution in [0.2, 0.25) is 0 Å². The van der Waals surface area contributed by atoms with Gasteiger partial charge in [-0.1, -0.05) is 42.5 Å². The number of ether oxygens (including phenoxy) is 1. The van der Waals surface area contributed by atoms with Gasteiger partial charge in [-0.2, -0.15) is 0 Å². The van der Waals surface area contributed by atoms with Crippen LogP contribution in [0.25, 0.3) is 0 Å². The van der Waals surface area contributed by atoms with Gasteiger partial charge in [-0.25, -0.2) is 0 Å². The highest BCUT2D eigenvalue weighted by atomic mass is 16.5. The van der Waals surface area contributed by atoms with Crippen molar-refractivity contribution in [1.82, 2.24) is 9.80 Å². The lowest BCUT2D eigenvalue weighted by molar-refractivity contribution is 0.0445. The van der Waals surface area contributed by atoms with Crippen molar-refractivity contribution in [3.8, 4) is 5.75 Å². The Balaban J connectivity index is 1.39. The molecule has 3 rings (SSSR count). The smallest absolute Gasteiger partial charge is 0.122 e. The fourth-order valence-electron chi connectivity index (χ4n) is 3.37. The van der Waals surface area contributed by atoms with E-state index in [1.165, 1.54) is 11.1 Å². The lowest BCUT2D eigenvalue weighted by atomic mass is 10.1. The van der Waals surface area contributed by atoms with Crippen LogP contribution < -0.4 is 4.74 Å². The van der Waals surface area contributed by atoms with E-state index in [0.29, 0.717) is 13.2 Å². The molecule has 1 aliphatic heterocycles. The number of hydrogen-bond acceptors (Lipinski definition) is 4. The van der Waals surface area contributed by atoms with E-state index >= 15 is 0 Å². The summed E-state index contributed by atoms with van der Waals surface area (Å²) in [4.78, 5) is 4.81. The molecule has 0 spiro atoms. The maximum atomic E-state index is 10.3. The number of rotatable bonds is 7. The highest BCUT2D eigenvalue weighted by Gasteiger charge is 2.19. The first-order valence-electron chi connectivity index (χ1n) is 9.47. The van der Waals surface area contributed by atoms with Gasteiger partial charge in [0.05, 0.1) is 0 Å². The van der Waals surface area contributed by atoms with E-state index in [4.69, 9.17) is 4.74 Å². The molecule has 2 aromatic carbocycles. The topological polar surface area (TPSA) is 35.9 Å². The molecule has 0 bridgehead atoms. The standard InChI is InChI=1S/C22H30N2O2/c1-18-8-9-19(2)22(14-18)26-17-21(25)16-24-12-10-23(11-13-24)15-20-6-4-3-5-7-20/h3-9,14,21,25H,10-13,15-17H2,1-2H3/t21-/m1/s1. The molecule has 0 saturated carbocycles. The summed E-state index contributed by atoms with van der Waals surface area (Å²) in [5.74, 6) is 0.872. The van der Waals surface area contributed by atoms with E-state index in [1.54, 1.807) is 0 Å². The molecule has 1 aliphatic rings. The Bertz CT molecular complexity index is 682.